The highest BCUT2D eigenvalue weighted by molar-refractivity contribution is 6.33. The Kier molecular flexibility index (Phi) is 7.52. The first-order valence-corrected chi connectivity index (χ1v) is 9.85. The third-order valence-electron chi connectivity index (χ3n) is 4.38. The second kappa shape index (κ2) is 9.68. The third-order valence-corrected chi connectivity index (χ3v) is 4.84. The number of rotatable bonds is 6. The van der Waals surface area contributed by atoms with E-state index in [4.69, 9.17) is 25.8 Å². The van der Waals surface area contributed by atoms with Gasteiger partial charge >= 0.3 is 6.16 Å². The molecule has 0 atom stereocenters. The molecule has 1 aromatic carbocycles. The highest BCUT2D eigenvalue weighted by Crippen LogP contribution is 2.34. The Bertz CT molecular complexity index is 980. The van der Waals surface area contributed by atoms with Crippen LogP contribution >= 0.6 is 11.6 Å². The smallest absolute Gasteiger partial charge is 0.453 e. The molecule has 7 nitrogen and oxygen atoms in total. The minimum atomic E-state index is -0.864. The minimum Gasteiger partial charge on any atom is -0.453 e. The molecule has 1 heterocycles. The van der Waals surface area contributed by atoms with Gasteiger partial charge in [0.15, 0.2) is 5.76 Å². The maximum Gasteiger partial charge on any atom is 0.511 e. The number of halogens is 1. The summed E-state index contributed by atoms with van der Waals surface area (Å²) in [6.45, 7) is 9.49. The zero-order valence-corrected chi connectivity index (χ0v) is 18.8. The van der Waals surface area contributed by atoms with Gasteiger partial charge in [0.25, 0.3) is 0 Å². The summed E-state index contributed by atoms with van der Waals surface area (Å²) in [4.78, 5) is 11.5. The van der Waals surface area contributed by atoms with E-state index in [2.05, 4.69) is 31.9 Å². The molecular weight excluding hydrogens is 406 g/mol. The molecular formula is C22H26ClN3O4. The largest absolute Gasteiger partial charge is 0.511 e. The lowest BCUT2D eigenvalue weighted by atomic mass is 9.86. The summed E-state index contributed by atoms with van der Waals surface area (Å²) in [5.41, 5.74) is 3.00. The summed E-state index contributed by atoms with van der Waals surface area (Å²) in [5.74, 6) is 0.165. The zero-order valence-electron chi connectivity index (χ0n) is 18.1. The molecule has 0 saturated carbocycles. The molecule has 0 unspecified atom stereocenters. The maximum absolute atomic E-state index is 11.5. The van der Waals surface area contributed by atoms with Crippen LogP contribution in [0.15, 0.2) is 24.3 Å². The standard InChI is InChI=1S/C22H26ClN3O4/c1-7-28-21(27)30-13-29-20(19-18(23)14(2)25-26(19)6)17(12-24)15-8-10-16(11-9-15)22(3,4)5/h8-11H,7,13H2,1-6H3/b20-17-. The Hall–Kier alpha value is -2.98. The average Bonchev–Trinajstić information content (AvgIpc) is 2.93. The summed E-state index contributed by atoms with van der Waals surface area (Å²) < 4.78 is 16.9. The number of hydrogen-bond acceptors (Lipinski definition) is 6. The van der Waals surface area contributed by atoms with Crippen LogP contribution in [0.3, 0.4) is 0 Å². The summed E-state index contributed by atoms with van der Waals surface area (Å²) in [7, 11) is 1.70. The number of allylic oxidation sites excluding steroid dienone is 1. The quantitative estimate of drug-likeness (QED) is 0.270. The van der Waals surface area contributed by atoms with Crippen molar-refractivity contribution in [3.63, 3.8) is 0 Å². The molecule has 0 saturated heterocycles. The number of nitriles is 1. The van der Waals surface area contributed by atoms with Gasteiger partial charge in [0.1, 0.15) is 17.3 Å². The van der Waals surface area contributed by atoms with Crippen molar-refractivity contribution in [3.8, 4) is 6.07 Å². The molecule has 0 radical (unpaired) electrons. The predicted octanol–water partition coefficient (Wildman–Crippen LogP) is 5.22. The van der Waals surface area contributed by atoms with E-state index in [1.54, 1.807) is 20.9 Å². The summed E-state index contributed by atoms with van der Waals surface area (Å²) in [6, 6.07) is 9.83. The van der Waals surface area contributed by atoms with Gasteiger partial charge in [-0.05, 0) is 30.4 Å². The van der Waals surface area contributed by atoms with Crippen molar-refractivity contribution < 1.29 is 19.0 Å². The van der Waals surface area contributed by atoms with Gasteiger partial charge < -0.3 is 14.2 Å². The van der Waals surface area contributed by atoms with E-state index in [1.807, 2.05) is 24.3 Å². The molecule has 0 spiro atoms. The molecule has 2 aromatic rings. The molecule has 1 aromatic heterocycles. The zero-order chi connectivity index (χ0) is 22.5. The van der Waals surface area contributed by atoms with Crippen molar-refractivity contribution in [2.24, 2.45) is 7.05 Å². The molecule has 0 fully saturated rings. The first-order chi connectivity index (χ1) is 14.1. The van der Waals surface area contributed by atoms with Gasteiger partial charge in [0, 0.05) is 7.05 Å². The maximum atomic E-state index is 11.5. The van der Waals surface area contributed by atoms with E-state index in [0.717, 1.165) is 5.56 Å². The summed E-state index contributed by atoms with van der Waals surface area (Å²) in [5, 5.41) is 14.6. The summed E-state index contributed by atoms with van der Waals surface area (Å²) in [6.07, 6.45) is -0.864. The minimum absolute atomic E-state index is 0.0235. The number of aromatic nitrogens is 2. The Balaban J connectivity index is 2.52. The number of benzene rings is 1. The van der Waals surface area contributed by atoms with E-state index in [9.17, 15) is 10.1 Å². The fraction of sp³-hybridized carbons (Fsp3) is 0.409. The Morgan fingerprint density at radius 1 is 1.20 bits per heavy atom. The number of ether oxygens (including phenoxy) is 3. The average molecular weight is 432 g/mol. The second-order valence-corrected chi connectivity index (χ2v) is 7.98. The molecule has 0 aliphatic carbocycles. The monoisotopic (exact) mass is 431 g/mol. The number of aryl methyl sites for hydroxylation is 2. The van der Waals surface area contributed by atoms with Crippen molar-refractivity contribution in [2.75, 3.05) is 13.4 Å². The van der Waals surface area contributed by atoms with Crippen LogP contribution < -0.4 is 0 Å². The first-order valence-electron chi connectivity index (χ1n) is 9.47. The van der Waals surface area contributed by atoms with Crippen LogP contribution in [-0.2, 0) is 26.7 Å². The van der Waals surface area contributed by atoms with Gasteiger partial charge in [-0.15, -0.1) is 0 Å². The molecule has 0 N–H and O–H groups in total. The van der Waals surface area contributed by atoms with Crippen LogP contribution in [0.4, 0.5) is 4.79 Å². The van der Waals surface area contributed by atoms with Crippen molar-refractivity contribution in [2.45, 2.75) is 40.0 Å². The molecule has 0 aliphatic heterocycles. The Labute approximate surface area is 181 Å². The molecule has 0 aliphatic rings. The second-order valence-electron chi connectivity index (χ2n) is 7.60. The number of carbonyl (C=O) groups excluding carboxylic acids is 1. The van der Waals surface area contributed by atoms with Gasteiger partial charge in [-0.25, -0.2) is 4.79 Å². The van der Waals surface area contributed by atoms with Gasteiger partial charge in [0.05, 0.1) is 17.3 Å². The van der Waals surface area contributed by atoms with Crippen LogP contribution in [0.5, 0.6) is 0 Å². The lowest BCUT2D eigenvalue weighted by Gasteiger charge is -2.19. The van der Waals surface area contributed by atoms with Crippen molar-refractivity contribution >= 4 is 29.1 Å². The molecule has 30 heavy (non-hydrogen) atoms. The lowest BCUT2D eigenvalue weighted by Crippen LogP contribution is -2.12. The van der Waals surface area contributed by atoms with E-state index < -0.39 is 12.9 Å². The van der Waals surface area contributed by atoms with Crippen LogP contribution in [0.1, 0.15) is 50.2 Å². The van der Waals surface area contributed by atoms with Crippen LogP contribution in [0.25, 0.3) is 11.3 Å². The molecule has 0 bridgehead atoms. The first kappa shape index (κ1) is 23.3. The molecule has 0 amide bonds. The van der Waals surface area contributed by atoms with Gasteiger partial charge in [-0.1, -0.05) is 56.6 Å². The topological polar surface area (TPSA) is 86.4 Å². The van der Waals surface area contributed by atoms with E-state index in [1.165, 1.54) is 4.68 Å². The van der Waals surface area contributed by atoms with E-state index in [0.29, 0.717) is 22.0 Å². The number of hydrogen-bond donors (Lipinski definition) is 0. The number of carbonyl (C=O) groups is 1. The molecule has 8 heteroatoms. The fourth-order valence-electron chi connectivity index (χ4n) is 2.82. The van der Waals surface area contributed by atoms with Crippen LogP contribution in [0.2, 0.25) is 5.02 Å². The molecule has 2 rings (SSSR count). The van der Waals surface area contributed by atoms with Gasteiger partial charge in [0.2, 0.25) is 6.79 Å². The fourth-order valence-corrected chi connectivity index (χ4v) is 3.06. The van der Waals surface area contributed by atoms with E-state index >= 15 is 0 Å². The molecule has 160 valence electrons. The SMILES string of the molecule is CCOC(=O)OCO/C(=C(/C#N)c1ccc(C(C)(C)C)cc1)c1c(Cl)c(C)nn1C. The van der Waals surface area contributed by atoms with Crippen molar-refractivity contribution in [3.05, 3.63) is 51.8 Å². The third kappa shape index (κ3) is 5.33. The van der Waals surface area contributed by atoms with Gasteiger partial charge in [-0.3, -0.25) is 4.68 Å². The highest BCUT2D eigenvalue weighted by atomic mass is 35.5. The predicted molar refractivity (Wildman–Crippen MR) is 115 cm³/mol. The van der Waals surface area contributed by atoms with Crippen molar-refractivity contribution in [1.29, 1.82) is 5.26 Å². The highest BCUT2D eigenvalue weighted by Gasteiger charge is 2.23. The Morgan fingerprint density at radius 2 is 1.83 bits per heavy atom. The van der Waals surface area contributed by atoms with Gasteiger partial charge in [-0.2, -0.15) is 10.4 Å². The van der Waals surface area contributed by atoms with E-state index in [-0.39, 0.29) is 23.4 Å². The Morgan fingerprint density at radius 3 is 2.30 bits per heavy atom. The summed E-state index contributed by atoms with van der Waals surface area (Å²) >= 11 is 6.43. The van der Waals surface area contributed by atoms with Crippen molar-refractivity contribution in [1.82, 2.24) is 9.78 Å². The van der Waals surface area contributed by atoms with Crippen LogP contribution in [0, 0.1) is 18.3 Å². The normalized spacial score (nSPS) is 12.1. The lowest BCUT2D eigenvalue weighted by molar-refractivity contribution is -0.00367. The van der Waals surface area contributed by atoms with Crippen LogP contribution in [-0.4, -0.2) is 29.3 Å². The number of nitrogens with zero attached hydrogens (tertiary/aromatic N) is 3.